The largest absolute Gasteiger partial charge is 0.506 e. The Hall–Kier alpha value is -3.81. The summed E-state index contributed by atoms with van der Waals surface area (Å²) in [5.74, 6) is 1.43. The fraction of sp³-hybridized carbons (Fsp3) is 0.105. The molecule has 1 N–H and O–H groups in total. The molecule has 0 unspecified atom stereocenters. The van der Waals surface area contributed by atoms with E-state index in [1.165, 1.54) is 6.21 Å². The number of hydrogen-bond acceptors (Lipinski definition) is 8. The summed E-state index contributed by atoms with van der Waals surface area (Å²) in [5, 5.41) is 21.8. The maximum atomic E-state index is 10.0. The van der Waals surface area contributed by atoms with Crippen LogP contribution in [0, 0.1) is 0 Å². The van der Waals surface area contributed by atoms with E-state index in [1.54, 1.807) is 54.9 Å². The van der Waals surface area contributed by atoms with Crippen molar-refractivity contribution in [3.05, 3.63) is 72.3 Å². The van der Waals surface area contributed by atoms with E-state index in [4.69, 9.17) is 0 Å². The summed E-state index contributed by atoms with van der Waals surface area (Å²) in [4.78, 5) is 12.8. The first-order valence-electron chi connectivity index (χ1n) is 8.21. The molecule has 0 atom stereocenters. The molecule has 0 bridgehead atoms. The molecule has 0 saturated carbocycles. The molecule has 0 aliphatic carbocycles. The van der Waals surface area contributed by atoms with E-state index in [1.807, 2.05) is 36.4 Å². The van der Waals surface area contributed by atoms with Crippen LogP contribution in [0.1, 0.15) is 11.4 Å². The predicted molar refractivity (Wildman–Crippen MR) is 106 cm³/mol. The van der Waals surface area contributed by atoms with E-state index < -0.39 is 0 Å². The van der Waals surface area contributed by atoms with Gasteiger partial charge in [-0.1, -0.05) is 12.1 Å². The van der Waals surface area contributed by atoms with Crippen LogP contribution in [0.4, 0.5) is 11.6 Å². The smallest absolute Gasteiger partial charge is 0.148 e. The third-order valence-electron chi connectivity index (χ3n) is 3.60. The third kappa shape index (κ3) is 4.85. The zero-order valence-corrected chi connectivity index (χ0v) is 15.0. The summed E-state index contributed by atoms with van der Waals surface area (Å²) in [6, 6.07) is 14.4. The van der Waals surface area contributed by atoms with Crippen LogP contribution < -0.4 is 10.0 Å². The van der Waals surface area contributed by atoms with Crippen molar-refractivity contribution < 1.29 is 5.11 Å². The summed E-state index contributed by atoms with van der Waals surface area (Å²) in [6.45, 7) is 0. The Morgan fingerprint density at radius 1 is 0.815 bits per heavy atom. The second-order valence-electron chi connectivity index (χ2n) is 5.55. The lowest BCUT2D eigenvalue weighted by atomic mass is 10.3. The average Bonchev–Trinajstić information content (AvgIpc) is 2.73. The van der Waals surface area contributed by atoms with Crippen LogP contribution in [0.15, 0.2) is 71.1 Å². The van der Waals surface area contributed by atoms with Gasteiger partial charge in [-0.2, -0.15) is 10.2 Å². The van der Waals surface area contributed by atoms with E-state index in [2.05, 4.69) is 25.2 Å². The highest BCUT2D eigenvalue weighted by atomic mass is 16.3. The molecule has 3 aromatic heterocycles. The number of pyridine rings is 3. The van der Waals surface area contributed by atoms with Crippen LogP contribution in [-0.2, 0) is 0 Å². The standard InChI is InChI=1S/C19H19N7O/c1-25(18-7-3-5-11-20-18)22-13-15-9-10-17(27)16(24-15)14-23-26(2)19-8-4-6-12-21-19/h3-14,27H,1-2H3/b22-13?,23-14+. The molecule has 0 aliphatic heterocycles. The van der Waals surface area contributed by atoms with E-state index in [9.17, 15) is 5.11 Å². The molecular weight excluding hydrogens is 342 g/mol. The van der Waals surface area contributed by atoms with E-state index in [0.717, 1.165) is 0 Å². The van der Waals surface area contributed by atoms with Crippen molar-refractivity contribution in [2.75, 3.05) is 24.1 Å². The summed E-state index contributed by atoms with van der Waals surface area (Å²) < 4.78 is 0. The first-order valence-corrected chi connectivity index (χ1v) is 8.21. The van der Waals surface area contributed by atoms with Crippen molar-refractivity contribution in [2.24, 2.45) is 10.2 Å². The molecule has 0 aromatic carbocycles. The Labute approximate surface area is 157 Å². The van der Waals surface area contributed by atoms with Gasteiger partial charge in [-0.25, -0.2) is 15.0 Å². The highest BCUT2D eigenvalue weighted by molar-refractivity contribution is 5.85. The highest BCUT2D eigenvalue weighted by Gasteiger charge is 2.04. The molecule has 0 spiro atoms. The van der Waals surface area contributed by atoms with Crippen LogP contribution in [0.3, 0.4) is 0 Å². The van der Waals surface area contributed by atoms with Gasteiger partial charge in [-0.15, -0.1) is 0 Å². The van der Waals surface area contributed by atoms with Crippen LogP contribution in [-0.4, -0.2) is 46.6 Å². The molecule has 136 valence electrons. The van der Waals surface area contributed by atoms with E-state index in [0.29, 0.717) is 23.0 Å². The lowest BCUT2D eigenvalue weighted by Crippen LogP contribution is -2.11. The molecule has 0 amide bonds. The van der Waals surface area contributed by atoms with Crippen LogP contribution in [0.5, 0.6) is 5.75 Å². The Morgan fingerprint density at radius 2 is 1.41 bits per heavy atom. The van der Waals surface area contributed by atoms with Crippen molar-refractivity contribution in [1.29, 1.82) is 0 Å². The number of rotatable bonds is 6. The minimum Gasteiger partial charge on any atom is -0.506 e. The number of nitrogens with zero attached hydrogens (tertiary/aromatic N) is 7. The topological polar surface area (TPSA) is 90.1 Å². The van der Waals surface area contributed by atoms with Gasteiger partial charge >= 0.3 is 0 Å². The molecular formula is C19H19N7O. The van der Waals surface area contributed by atoms with Gasteiger partial charge in [0.1, 0.15) is 23.1 Å². The fourth-order valence-corrected chi connectivity index (χ4v) is 2.15. The number of aromatic nitrogens is 3. The molecule has 0 radical (unpaired) electrons. The minimum atomic E-state index is 0.0309. The SMILES string of the molecule is CN(N=Cc1ccc(O)c(/C=N/N(C)c2ccccn2)n1)c1ccccn1. The zero-order valence-electron chi connectivity index (χ0n) is 15.0. The molecule has 8 heteroatoms. The summed E-state index contributed by atoms with van der Waals surface area (Å²) >= 11 is 0. The van der Waals surface area contributed by atoms with E-state index >= 15 is 0 Å². The quantitative estimate of drug-likeness (QED) is 0.536. The average molecular weight is 361 g/mol. The van der Waals surface area contributed by atoms with E-state index in [-0.39, 0.29) is 5.75 Å². The Kier molecular flexibility index (Phi) is 5.68. The Morgan fingerprint density at radius 3 is 1.96 bits per heavy atom. The lowest BCUT2D eigenvalue weighted by Gasteiger charge is -2.11. The van der Waals surface area contributed by atoms with Gasteiger partial charge in [0.15, 0.2) is 0 Å². The maximum Gasteiger partial charge on any atom is 0.148 e. The van der Waals surface area contributed by atoms with Gasteiger partial charge in [-0.3, -0.25) is 10.0 Å². The van der Waals surface area contributed by atoms with Crippen LogP contribution in [0.2, 0.25) is 0 Å². The van der Waals surface area contributed by atoms with Gasteiger partial charge in [-0.05, 0) is 36.4 Å². The van der Waals surface area contributed by atoms with Gasteiger partial charge in [0, 0.05) is 26.5 Å². The Bertz CT molecular complexity index is 929. The number of anilines is 2. The highest BCUT2D eigenvalue weighted by Crippen LogP contribution is 2.14. The maximum absolute atomic E-state index is 10.0. The van der Waals surface area contributed by atoms with Crippen molar-refractivity contribution in [3.63, 3.8) is 0 Å². The van der Waals surface area contributed by atoms with Gasteiger partial charge < -0.3 is 5.11 Å². The summed E-state index contributed by atoms with van der Waals surface area (Å²) in [6.07, 6.45) is 6.46. The van der Waals surface area contributed by atoms with Gasteiger partial charge in [0.2, 0.25) is 0 Å². The monoisotopic (exact) mass is 361 g/mol. The van der Waals surface area contributed by atoms with Crippen LogP contribution >= 0.6 is 0 Å². The zero-order chi connectivity index (χ0) is 19.1. The molecule has 0 aliphatic rings. The minimum absolute atomic E-state index is 0.0309. The normalized spacial score (nSPS) is 11.2. The first-order chi connectivity index (χ1) is 13.1. The number of hydrogen-bond donors (Lipinski definition) is 1. The van der Waals surface area contributed by atoms with Crippen molar-refractivity contribution in [1.82, 2.24) is 15.0 Å². The molecule has 27 heavy (non-hydrogen) atoms. The summed E-state index contributed by atoms with van der Waals surface area (Å²) in [5.41, 5.74) is 0.916. The second-order valence-corrected chi connectivity index (χ2v) is 5.55. The number of aromatic hydroxyl groups is 1. The number of hydrazone groups is 2. The first kappa shape index (κ1) is 18.0. The molecule has 3 rings (SSSR count). The summed E-state index contributed by atoms with van der Waals surface area (Å²) in [7, 11) is 3.56. The molecule has 3 heterocycles. The molecule has 8 nitrogen and oxygen atoms in total. The lowest BCUT2D eigenvalue weighted by molar-refractivity contribution is 0.471. The van der Waals surface area contributed by atoms with Crippen molar-refractivity contribution in [3.8, 4) is 5.75 Å². The second kappa shape index (κ2) is 8.52. The molecule has 3 aromatic rings. The molecule has 0 saturated heterocycles. The Balaban J connectivity index is 1.74. The fourth-order valence-electron chi connectivity index (χ4n) is 2.15. The van der Waals surface area contributed by atoms with Gasteiger partial charge in [0.05, 0.1) is 18.1 Å². The molecule has 0 fully saturated rings. The van der Waals surface area contributed by atoms with Crippen LogP contribution in [0.25, 0.3) is 0 Å². The third-order valence-corrected chi connectivity index (χ3v) is 3.60. The predicted octanol–water partition coefficient (Wildman–Crippen LogP) is 2.52. The van der Waals surface area contributed by atoms with Gasteiger partial charge in [0.25, 0.3) is 0 Å². The van der Waals surface area contributed by atoms with Crippen molar-refractivity contribution in [2.45, 2.75) is 0 Å². The van der Waals surface area contributed by atoms with Crippen molar-refractivity contribution >= 4 is 24.1 Å².